The smallest absolute Gasteiger partial charge is 0.266 e. The van der Waals surface area contributed by atoms with Gasteiger partial charge in [-0.2, -0.15) is 0 Å². The molecule has 3 aliphatic rings. The highest BCUT2D eigenvalue weighted by Crippen LogP contribution is 2.47. The molecule has 1 amide bonds. The molecule has 7 nitrogen and oxygen atoms in total. The summed E-state index contributed by atoms with van der Waals surface area (Å²) in [7, 11) is 2.07. The summed E-state index contributed by atoms with van der Waals surface area (Å²) in [6.07, 6.45) is -0.793. The molecule has 0 radical (unpaired) electrons. The number of rotatable bonds is 7. The summed E-state index contributed by atoms with van der Waals surface area (Å²) >= 11 is 0. The second-order valence-electron chi connectivity index (χ2n) is 10.6. The minimum atomic E-state index is -2.96. The maximum Gasteiger partial charge on any atom is 0.266 e. The van der Waals surface area contributed by atoms with Crippen molar-refractivity contribution in [1.29, 1.82) is 0 Å². The van der Waals surface area contributed by atoms with Gasteiger partial charge in [0.15, 0.2) is 0 Å². The van der Waals surface area contributed by atoms with Gasteiger partial charge in [0.25, 0.3) is 17.9 Å². The topological polar surface area (TPSA) is 75.6 Å². The monoisotopic (exact) mass is 504 g/mol. The molecule has 5 rings (SSSR count). The molecule has 2 aliphatic heterocycles. The fourth-order valence-electron chi connectivity index (χ4n) is 5.66. The van der Waals surface area contributed by atoms with E-state index in [9.17, 15) is 22.8 Å². The van der Waals surface area contributed by atoms with Crippen molar-refractivity contribution in [3.05, 3.63) is 63.3 Å². The van der Waals surface area contributed by atoms with E-state index >= 15 is 0 Å². The molecular weight excluding hydrogens is 473 g/mol. The molecule has 1 aromatic heterocycles. The van der Waals surface area contributed by atoms with E-state index in [1.807, 2.05) is 6.92 Å². The van der Waals surface area contributed by atoms with Gasteiger partial charge in [0.05, 0.1) is 35.0 Å². The third-order valence-corrected chi connectivity index (χ3v) is 7.88. The number of likely N-dealkylation sites (tertiary alicyclic amines) is 1. The molecule has 194 valence electrons. The Morgan fingerprint density at radius 1 is 1.22 bits per heavy atom. The fraction of sp³-hybridized carbons (Fsp3) is 0.538. The van der Waals surface area contributed by atoms with Crippen LogP contribution in [-0.2, 0) is 10.3 Å². The maximum absolute atomic E-state index is 14.7. The summed E-state index contributed by atoms with van der Waals surface area (Å²) in [6.45, 7) is 6.22. The molecule has 1 aromatic carbocycles. The molecule has 36 heavy (non-hydrogen) atoms. The van der Waals surface area contributed by atoms with Crippen LogP contribution in [0.3, 0.4) is 0 Å². The number of amides is 1. The summed E-state index contributed by atoms with van der Waals surface area (Å²) in [5.41, 5.74) is -0.893. The minimum Gasteiger partial charge on any atom is -0.381 e. The zero-order chi connectivity index (χ0) is 25.8. The highest BCUT2D eigenvalue weighted by atomic mass is 19.3. The number of hydrogen-bond acceptors (Lipinski definition) is 5. The standard InChI is InChI=1S/C26H31F3N4O3/c1-14(15-5-4-6-16(22(15)27)24(28)29)30-25(35)19-12-33(26(2)7-8-36-13-26)21(34)9-20(19)31-23-17-10-32(3)11-18(17)23/h4-6,9,12,14,17-18,23-24,31H,7-8,10-11,13H2,1-3H3,(H,30,35)/t14-,17-,18+,23-,26+/m1/s1. The largest absolute Gasteiger partial charge is 0.381 e. The average Bonchev–Trinajstić information content (AvgIpc) is 3.14. The quantitative estimate of drug-likeness (QED) is 0.604. The van der Waals surface area contributed by atoms with Crippen LogP contribution in [0.5, 0.6) is 0 Å². The lowest BCUT2D eigenvalue weighted by Gasteiger charge is -2.27. The first kappa shape index (κ1) is 24.8. The van der Waals surface area contributed by atoms with Crippen LogP contribution in [0, 0.1) is 17.7 Å². The number of aromatic nitrogens is 1. The Morgan fingerprint density at radius 3 is 2.56 bits per heavy atom. The highest BCUT2D eigenvalue weighted by molar-refractivity contribution is 5.99. The summed E-state index contributed by atoms with van der Waals surface area (Å²) in [5.74, 6) is -0.640. The van der Waals surface area contributed by atoms with Crippen molar-refractivity contribution in [1.82, 2.24) is 14.8 Å². The van der Waals surface area contributed by atoms with Crippen LogP contribution < -0.4 is 16.2 Å². The third kappa shape index (κ3) is 4.41. The highest BCUT2D eigenvalue weighted by Gasteiger charge is 2.55. The Kier molecular flexibility index (Phi) is 6.36. The predicted octanol–water partition coefficient (Wildman–Crippen LogP) is 3.52. The molecular formula is C26H31F3N4O3. The van der Waals surface area contributed by atoms with Crippen LogP contribution in [0.1, 0.15) is 54.2 Å². The van der Waals surface area contributed by atoms with E-state index < -0.39 is 35.3 Å². The van der Waals surface area contributed by atoms with Gasteiger partial charge < -0.3 is 24.8 Å². The van der Waals surface area contributed by atoms with E-state index in [1.54, 1.807) is 6.92 Å². The molecule has 0 unspecified atom stereocenters. The summed E-state index contributed by atoms with van der Waals surface area (Å²) in [4.78, 5) is 28.8. The first-order valence-electron chi connectivity index (χ1n) is 12.3. The molecule has 10 heteroatoms. The van der Waals surface area contributed by atoms with E-state index in [1.165, 1.54) is 29.0 Å². The van der Waals surface area contributed by atoms with Gasteiger partial charge in [0, 0.05) is 43.6 Å². The van der Waals surface area contributed by atoms with Crippen LogP contribution in [0.2, 0.25) is 0 Å². The Bertz CT molecular complexity index is 1220. The number of nitrogens with one attached hydrogen (secondary N) is 2. The summed E-state index contributed by atoms with van der Waals surface area (Å²) in [6, 6.07) is 4.50. The molecule has 3 heterocycles. The Balaban J connectivity index is 1.45. The normalized spacial score (nSPS) is 28.2. The van der Waals surface area contributed by atoms with Crippen molar-refractivity contribution in [2.45, 2.75) is 44.3 Å². The lowest BCUT2D eigenvalue weighted by molar-refractivity contribution is 0.0938. The molecule has 1 aliphatic carbocycles. The third-order valence-electron chi connectivity index (χ3n) is 7.88. The maximum atomic E-state index is 14.7. The second kappa shape index (κ2) is 9.23. The van der Waals surface area contributed by atoms with Crippen molar-refractivity contribution in [2.75, 3.05) is 38.7 Å². The average molecular weight is 505 g/mol. The number of halogens is 3. The molecule has 1 saturated carbocycles. The zero-order valence-corrected chi connectivity index (χ0v) is 20.6. The van der Waals surface area contributed by atoms with Crippen molar-refractivity contribution < 1.29 is 22.7 Å². The number of ether oxygens (including phenoxy) is 1. The van der Waals surface area contributed by atoms with E-state index in [4.69, 9.17) is 4.74 Å². The Hall–Kier alpha value is -2.85. The predicted molar refractivity (Wildman–Crippen MR) is 129 cm³/mol. The molecule has 2 N–H and O–H groups in total. The number of nitrogens with zero attached hydrogens (tertiary/aromatic N) is 2. The second-order valence-corrected chi connectivity index (χ2v) is 10.6. The number of anilines is 1. The van der Waals surface area contributed by atoms with Crippen molar-refractivity contribution in [3.8, 4) is 0 Å². The summed E-state index contributed by atoms with van der Waals surface area (Å²) in [5, 5.41) is 6.14. The van der Waals surface area contributed by atoms with Crippen LogP contribution in [0.25, 0.3) is 0 Å². The minimum absolute atomic E-state index is 0.0279. The lowest BCUT2D eigenvalue weighted by Crippen LogP contribution is -2.40. The van der Waals surface area contributed by atoms with Crippen molar-refractivity contribution >= 4 is 11.6 Å². The number of carbonyl (C=O) groups excluding carboxylic acids is 1. The van der Waals surface area contributed by atoms with Gasteiger partial charge in [-0.25, -0.2) is 13.2 Å². The summed E-state index contributed by atoms with van der Waals surface area (Å²) < 4.78 is 48.1. The number of pyridine rings is 1. The van der Waals surface area contributed by atoms with Crippen LogP contribution in [0.15, 0.2) is 35.3 Å². The van der Waals surface area contributed by atoms with Crippen molar-refractivity contribution in [3.63, 3.8) is 0 Å². The number of piperidine rings is 1. The molecule has 3 fully saturated rings. The van der Waals surface area contributed by atoms with E-state index in [-0.39, 0.29) is 22.7 Å². The molecule has 2 saturated heterocycles. The van der Waals surface area contributed by atoms with Crippen LogP contribution in [-0.4, -0.2) is 54.8 Å². The number of alkyl halides is 2. The van der Waals surface area contributed by atoms with Gasteiger partial charge in [-0.05, 0) is 39.2 Å². The SMILES string of the molecule is C[C@@H](NC(=O)c1cn([C@@]2(C)CCOC2)c(=O)cc1N[C@@H]1[C@@H]2CN(C)C[C@@H]21)c1cccc(C(F)F)c1F. The molecule has 0 bridgehead atoms. The Morgan fingerprint density at radius 2 is 1.92 bits per heavy atom. The first-order valence-corrected chi connectivity index (χ1v) is 12.3. The zero-order valence-electron chi connectivity index (χ0n) is 20.6. The first-order chi connectivity index (χ1) is 17.1. The lowest BCUT2D eigenvalue weighted by atomic mass is 10.00. The van der Waals surface area contributed by atoms with Gasteiger partial charge in [0.2, 0.25) is 0 Å². The molecule has 0 spiro atoms. The van der Waals surface area contributed by atoms with Crippen LogP contribution in [0.4, 0.5) is 18.9 Å². The van der Waals surface area contributed by atoms with Crippen molar-refractivity contribution in [2.24, 2.45) is 11.8 Å². The van der Waals surface area contributed by atoms with Crippen LogP contribution >= 0.6 is 0 Å². The fourth-order valence-corrected chi connectivity index (χ4v) is 5.66. The van der Waals surface area contributed by atoms with Gasteiger partial charge in [0.1, 0.15) is 5.82 Å². The Labute approximate surface area is 207 Å². The van der Waals surface area contributed by atoms with Gasteiger partial charge in [-0.1, -0.05) is 18.2 Å². The van der Waals surface area contributed by atoms with Gasteiger partial charge >= 0.3 is 0 Å². The molecule has 5 atom stereocenters. The number of fused-ring (bicyclic) bond motifs is 1. The number of hydrogen-bond donors (Lipinski definition) is 2. The molecule has 2 aromatic rings. The van der Waals surface area contributed by atoms with E-state index in [0.717, 1.165) is 19.2 Å². The number of benzene rings is 1. The van der Waals surface area contributed by atoms with E-state index in [2.05, 4.69) is 22.6 Å². The van der Waals surface area contributed by atoms with Gasteiger partial charge in [-0.3, -0.25) is 9.59 Å². The van der Waals surface area contributed by atoms with E-state index in [0.29, 0.717) is 37.2 Å². The number of carbonyl (C=O) groups is 1. The van der Waals surface area contributed by atoms with Gasteiger partial charge in [-0.15, -0.1) is 0 Å².